The number of hydrogen-bond acceptors (Lipinski definition) is 5. The number of aryl methyl sites for hydroxylation is 1. The van der Waals surface area contributed by atoms with E-state index in [4.69, 9.17) is 5.11 Å². The second-order valence-corrected chi connectivity index (χ2v) is 6.84. The van der Waals surface area contributed by atoms with Crippen molar-refractivity contribution in [3.05, 3.63) is 34.5 Å². The molecule has 2 rings (SSSR count). The highest BCUT2D eigenvalue weighted by molar-refractivity contribution is 7.89. The fourth-order valence-corrected chi connectivity index (χ4v) is 3.71. The minimum Gasteiger partial charge on any atom is -0.476 e. The van der Waals surface area contributed by atoms with Gasteiger partial charge in [0.15, 0.2) is 5.69 Å². The van der Waals surface area contributed by atoms with Crippen molar-refractivity contribution in [3.8, 4) is 0 Å². The molecule has 0 aromatic carbocycles. The lowest BCUT2D eigenvalue weighted by Gasteiger charge is -2.10. The Labute approximate surface area is 119 Å². The van der Waals surface area contributed by atoms with Gasteiger partial charge in [0.1, 0.15) is 5.01 Å². The summed E-state index contributed by atoms with van der Waals surface area (Å²) in [6, 6.07) is 0.887. The zero-order valence-electron chi connectivity index (χ0n) is 10.8. The van der Waals surface area contributed by atoms with Gasteiger partial charge < -0.3 is 9.67 Å². The molecule has 2 N–H and O–H groups in total. The lowest BCUT2D eigenvalue weighted by Crippen LogP contribution is -2.26. The van der Waals surface area contributed by atoms with E-state index in [1.54, 1.807) is 24.7 Å². The van der Waals surface area contributed by atoms with Crippen molar-refractivity contribution < 1.29 is 18.3 Å². The fourth-order valence-electron chi connectivity index (χ4n) is 1.57. The Morgan fingerprint density at radius 2 is 2.25 bits per heavy atom. The lowest BCUT2D eigenvalue weighted by atomic mass is 10.4. The highest BCUT2D eigenvalue weighted by Crippen LogP contribution is 2.20. The molecule has 1 atom stereocenters. The Kier molecular flexibility index (Phi) is 3.93. The second-order valence-electron chi connectivity index (χ2n) is 4.23. The monoisotopic (exact) mass is 315 g/mol. The summed E-state index contributed by atoms with van der Waals surface area (Å²) in [6.45, 7) is 1.62. The first kappa shape index (κ1) is 14.7. The molecule has 0 saturated carbocycles. The van der Waals surface area contributed by atoms with Crippen LogP contribution < -0.4 is 4.72 Å². The standard InChI is InChI=1S/C11H13N3O4S2/c1-7(10-12-9(6-19-10)11(15)16)13-20(17,18)8-3-4-14(2)5-8/h3-7,13H,1-2H3,(H,15,16). The average Bonchev–Trinajstić information content (AvgIpc) is 2.96. The Morgan fingerprint density at radius 3 is 2.75 bits per heavy atom. The number of rotatable bonds is 5. The normalized spacial score (nSPS) is 13.3. The Balaban J connectivity index is 2.18. The fraction of sp³-hybridized carbons (Fsp3) is 0.273. The van der Waals surface area contributed by atoms with E-state index in [0.29, 0.717) is 5.01 Å². The first-order chi connectivity index (χ1) is 9.29. The SMILES string of the molecule is CC(NS(=O)(=O)c1ccn(C)c1)c1nc(C(=O)O)cs1. The van der Waals surface area contributed by atoms with Crippen LogP contribution in [-0.4, -0.2) is 29.0 Å². The van der Waals surface area contributed by atoms with E-state index in [1.165, 1.54) is 17.6 Å². The number of carboxylic acid groups (broad SMARTS) is 1. The maximum Gasteiger partial charge on any atom is 0.355 e. The van der Waals surface area contributed by atoms with Crippen molar-refractivity contribution in [2.75, 3.05) is 0 Å². The van der Waals surface area contributed by atoms with E-state index in [9.17, 15) is 13.2 Å². The van der Waals surface area contributed by atoms with E-state index in [-0.39, 0.29) is 10.6 Å². The van der Waals surface area contributed by atoms with Crippen LogP contribution in [0, 0.1) is 0 Å². The van der Waals surface area contributed by atoms with Crippen LogP contribution in [-0.2, 0) is 17.1 Å². The highest BCUT2D eigenvalue weighted by Gasteiger charge is 2.21. The van der Waals surface area contributed by atoms with Crippen molar-refractivity contribution in [2.24, 2.45) is 7.05 Å². The molecule has 20 heavy (non-hydrogen) atoms. The summed E-state index contributed by atoms with van der Waals surface area (Å²) in [5.41, 5.74) is -0.0873. The molecule has 0 amide bonds. The molecule has 0 bridgehead atoms. The van der Waals surface area contributed by atoms with Crippen molar-refractivity contribution in [1.29, 1.82) is 0 Å². The van der Waals surface area contributed by atoms with Crippen molar-refractivity contribution in [3.63, 3.8) is 0 Å². The molecule has 0 aliphatic rings. The van der Waals surface area contributed by atoms with Crippen molar-refractivity contribution in [2.45, 2.75) is 17.9 Å². The molecule has 7 nitrogen and oxygen atoms in total. The number of aromatic nitrogens is 2. The summed E-state index contributed by atoms with van der Waals surface area (Å²) >= 11 is 1.10. The number of nitrogens with one attached hydrogen (secondary N) is 1. The summed E-state index contributed by atoms with van der Waals surface area (Å²) in [4.78, 5) is 14.8. The number of carboxylic acids is 1. The molecule has 0 saturated heterocycles. The van der Waals surface area contributed by atoms with Crippen molar-refractivity contribution in [1.82, 2.24) is 14.3 Å². The van der Waals surface area contributed by atoms with Crippen LogP contribution in [0.1, 0.15) is 28.5 Å². The maximum absolute atomic E-state index is 12.1. The van der Waals surface area contributed by atoms with Crippen LogP contribution in [0.15, 0.2) is 28.7 Å². The van der Waals surface area contributed by atoms with Gasteiger partial charge in [-0.15, -0.1) is 11.3 Å². The van der Waals surface area contributed by atoms with Gasteiger partial charge in [-0.05, 0) is 13.0 Å². The third-order valence-corrected chi connectivity index (χ3v) is 5.11. The highest BCUT2D eigenvalue weighted by atomic mass is 32.2. The molecule has 0 aliphatic carbocycles. The van der Waals surface area contributed by atoms with E-state index in [2.05, 4.69) is 9.71 Å². The molecule has 0 spiro atoms. The molecule has 0 fully saturated rings. The first-order valence-electron chi connectivity index (χ1n) is 5.62. The van der Waals surface area contributed by atoms with Gasteiger partial charge in [-0.2, -0.15) is 0 Å². The van der Waals surface area contributed by atoms with Gasteiger partial charge >= 0.3 is 5.97 Å². The number of thiazole rings is 1. The number of sulfonamides is 1. The summed E-state index contributed by atoms with van der Waals surface area (Å²) < 4.78 is 28.3. The van der Waals surface area contributed by atoms with Gasteiger partial charge in [-0.25, -0.2) is 22.9 Å². The minimum absolute atomic E-state index is 0.0873. The van der Waals surface area contributed by atoms with Gasteiger partial charge in [0.2, 0.25) is 10.0 Å². The molecule has 1 unspecified atom stereocenters. The third kappa shape index (κ3) is 3.06. The van der Waals surface area contributed by atoms with Crippen LogP contribution in [0.25, 0.3) is 0 Å². The summed E-state index contributed by atoms with van der Waals surface area (Å²) in [5, 5.41) is 10.6. The maximum atomic E-state index is 12.1. The topological polar surface area (TPSA) is 101 Å². The summed E-state index contributed by atoms with van der Waals surface area (Å²) in [5.74, 6) is -1.13. The quantitative estimate of drug-likeness (QED) is 0.864. The molecular formula is C11H13N3O4S2. The van der Waals surface area contributed by atoms with Gasteiger partial charge in [0.25, 0.3) is 0 Å². The van der Waals surface area contributed by atoms with Gasteiger partial charge in [0.05, 0.1) is 10.9 Å². The number of aromatic carboxylic acids is 1. The van der Waals surface area contributed by atoms with Crippen LogP contribution >= 0.6 is 11.3 Å². The van der Waals surface area contributed by atoms with E-state index in [1.807, 2.05) is 0 Å². The van der Waals surface area contributed by atoms with E-state index >= 15 is 0 Å². The molecule has 9 heteroatoms. The first-order valence-corrected chi connectivity index (χ1v) is 7.99. The average molecular weight is 315 g/mol. The van der Waals surface area contributed by atoms with Gasteiger partial charge in [-0.1, -0.05) is 0 Å². The Morgan fingerprint density at radius 1 is 1.55 bits per heavy atom. The minimum atomic E-state index is -3.65. The zero-order valence-corrected chi connectivity index (χ0v) is 12.4. The molecular weight excluding hydrogens is 302 g/mol. The van der Waals surface area contributed by atoms with Crippen LogP contribution in [0.4, 0.5) is 0 Å². The summed E-state index contributed by atoms with van der Waals surface area (Å²) in [6.07, 6.45) is 3.12. The van der Waals surface area contributed by atoms with Crippen LogP contribution in [0.3, 0.4) is 0 Å². The number of carbonyl (C=O) groups is 1. The van der Waals surface area contributed by atoms with E-state index in [0.717, 1.165) is 11.3 Å². The predicted molar refractivity (Wildman–Crippen MR) is 73.2 cm³/mol. The molecule has 2 aromatic heterocycles. The smallest absolute Gasteiger partial charge is 0.355 e. The Bertz CT molecular complexity index is 732. The Hall–Kier alpha value is -1.71. The third-order valence-electron chi connectivity index (χ3n) is 2.56. The second kappa shape index (κ2) is 5.35. The van der Waals surface area contributed by atoms with Crippen molar-refractivity contribution >= 4 is 27.3 Å². The largest absolute Gasteiger partial charge is 0.476 e. The van der Waals surface area contributed by atoms with E-state index < -0.39 is 22.0 Å². The molecule has 0 aliphatic heterocycles. The molecule has 2 heterocycles. The lowest BCUT2D eigenvalue weighted by molar-refractivity contribution is 0.0691. The van der Waals surface area contributed by atoms with Gasteiger partial charge in [-0.3, -0.25) is 0 Å². The zero-order chi connectivity index (χ0) is 14.9. The number of hydrogen-bond donors (Lipinski definition) is 2. The number of nitrogens with zero attached hydrogens (tertiary/aromatic N) is 2. The van der Waals surface area contributed by atoms with Gasteiger partial charge in [0, 0.05) is 24.8 Å². The predicted octanol–water partition coefficient (Wildman–Crippen LogP) is 1.22. The summed E-state index contributed by atoms with van der Waals surface area (Å²) in [7, 11) is -1.92. The molecule has 0 radical (unpaired) electrons. The van der Waals surface area contributed by atoms with Crippen LogP contribution in [0.5, 0.6) is 0 Å². The molecule has 108 valence electrons. The molecule has 2 aromatic rings. The van der Waals surface area contributed by atoms with Crippen LogP contribution in [0.2, 0.25) is 0 Å².